The highest BCUT2D eigenvalue weighted by Gasteiger charge is 2.28. The first-order chi connectivity index (χ1) is 8.86. The van der Waals surface area contributed by atoms with E-state index in [0.29, 0.717) is 6.54 Å². The molecule has 0 radical (unpaired) electrons. The van der Waals surface area contributed by atoms with Gasteiger partial charge in [-0.1, -0.05) is 12.1 Å². The molecule has 1 atom stereocenters. The Morgan fingerprint density at radius 2 is 2.06 bits per heavy atom. The lowest BCUT2D eigenvalue weighted by molar-refractivity contribution is 0.142. The molecule has 1 aromatic carbocycles. The fourth-order valence-corrected chi connectivity index (χ4v) is 2.70. The predicted octanol–water partition coefficient (Wildman–Crippen LogP) is 2.03. The van der Waals surface area contributed by atoms with Gasteiger partial charge in [0.2, 0.25) is 0 Å². The molecule has 0 aliphatic carbocycles. The zero-order valence-electron chi connectivity index (χ0n) is 10.3. The molecule has 0 spiro atoms. The van der Waals surface area contributed by atoms with Gasteiger partial charge in [0.15, 0.2) is 0 Å². The Balaban J connectivity index is 1.74. The highest BCUT2D eigenvalue weighted by atomic mass is 16.5. The SMILES string of the molecule is O=NN1CC(CN2CCCC2)Oc2ccccc21. The minimum Gasteiger partial charge on any atom is -0.485 e. The molecule has 0 N–H and O–H groups in total. The van der Waals surface area contributed by atoms with E-state index in [1.165, 1.54) is 17.9 Å². The summed E-state index contributed by atoms with van der Waals surface area (Å²) in [5, 5.41) is 4.60. The van der Waals surface area contributed by atoms with E-state index in [1.807, 2.05) is 24.3 Å². The van der Waals surface area contributed by atoms with Crippen LogP contribution in [-0.2, 0) is 0 Å². The van der Waals surface area contributed by atoms with Crippen LogP contribution in [0.4, 0.5) is 5.69 Å². The van der Waals surface area contributed by atoms with Gasteiger partial charge >= 0.3 is 0 Å². The molecule has 1 fully saturated rings. The summed E-state index contributed by atoms with van der Waals surface area (Å²) in [6.45, 7) is 3.68. The van der Waals surface area contributed by atoms with E-state index in [0.717, 1.165) is 31.1 Å². The summed E-state index contributed by atoms with van der Waals surface area (Å²) in [6.07, 6.45) is 2.55. The lowest BCUT2D eigenvalue weighted by Gasteiger charge is -2.33. The van der Waals surface area contributed by atoms with E-state index < -0.39 is 0 Å². The quantitative estimate of drug-likeness (QED) is 0.767. The molecule has 0 aromatic heterocycles. The van der Waals surface area contributed by atoms with E-state index in [1.54, 1.807) is 0 Å². The minimum atomic E-state index is 0.0238. The third-order valence-electron chi connectivity index (χ3n) is 3.57. The summed E-state index contributed by atoms with van der Waals surface area (Å²) in [7, 11) is 0. The fourth-order valence-electron chi connectivity index (χ4n) is 2.70. The third kappa shape index (κ3) is 2.18. The number of fused-ring (bicyclic) bond motifs is 1. The Bertz CT molecular complexity index is 432. The van der Waals surface area contributed by atoms with Crippen molar-refractivity contribution >= 4 is 5.69 Å². The summed E-state index contributed by atoms with van der Waals surface area (Å²) >= 11 is 0. The summed E-state index contributed by atoms with van der Waals surface area (Å²) in [4.78, 5) is 13.3. The maximum absolute atomic E-state index is 10.9. The van der Waals surface area contributed by atoms with Crippen LogP contribution in [0.1, 0.15) is 12.8 Å². The maximum atomic E-state index is 10.9. The van der Waals surface area contributed by atoms with Gasteiger partial charge in [0.1, 0.15) is 17.5 Å². The van der Waals surface area contributed by atoms with Gasteiger partial charge in [0, 0.05) is 6.54 Å². The molecule has 0 saturated carbocycles. The van der Waals surface area contributed by atoms with Crippen LogP contribution in [-0.4, -0.2) is 37.2 Å². The average Bonchev–Trinajstić information content (AvgIpc) is 2.90. The number of hydrogen-bond acceptors (Lipinski definition) is 4. The lowest BCUT2D eigenvalue weighted by Crippen LogP contribution is -2.44. The van der Waals surface area contributed by atoms with Gasteiger partial charge in [0.25, 0.3) is 0 Å². The Morgan fingerprint density at radius 1 is 1.28 bits per heavy atom. The molecule has 0 bridgehead atoms. The van der Waals surface area contributed by atoms with Gasteiger partial charge in [-0.2, -0.15) is 0 Å². The van der Waals surface area contributed by atoms with Crippen molar-refractivity contribution in [3.63, 3.8) is 0 Å². The number of nitrogens with zero attached hydrogens (tertiary/aromatic N) is 3. The molecule has 5 heteroatoms. The van der Waals surface area contributed by atoms with E-state index >= 15 is 0 Å². The number of ether oxygens (including phenoxy) is 1. The van der Waals surface area contributed by atoms with Gasteiger partial charge in [-0.25, -0.2) is 5.01 Å². The van der Waals surface area contributed by atoms with Gasteiger partial charge in [-0.15, -0.1) is 4.91 Å². The second kappa shape index (κ2) is 4.94. The van der Waals surface area contributed by atoms with Crippen molar-refractivity contribution in [3.05, 3.63) is 29.2 Å². The van der Waals surface area contributed by atoms with E-state index in [2.05, 4.69) is 10.2 Å². The Morgan fingerprint density at radius 3 is 2.83 bits per heavy atom. The van der Waals surface area contributed by atoms with Crippen LogP contribution < -0.4 is 9.75 Å². The highest BCUT2D eigenvalue weighted by molar-refractivity contribution is 5.59. The summed E-state index contributed by atoms with van der Waals surface area (Å²) in [6, 6.07) is 7.56. The molecule has 18 heavy (non-hydrogen) atoms. The molecule has 1 unspecified atom stereocenters. The molecule has 3 rings (SSSR count). The van der Waals surface area contributed by atoms with Crippen molar-refractivity contribution in [2.45, 2.75) is 18.9 Å². The van der Waals surface area contributed by atoms with Gasteiger partial charge in [-0.3, -0.25) is 4.90 Å². The zero-order chi connectivity index (χ0) is 12.4. The second-order valence-electron chi connectivity index (χ2n) is 4.88. The molecule has 2 aliphatic rings. The number of nitroso groups, excluding NO2 is 1. The Kier molecular flexibility index (Phi) is 3.15. The first kappa shape index (κ1) is 11.5. The highest BCUT2D eigenvalue weighted by Crippen LogP contribution is 2.33. The average molecular weight is 247 g/mol. The normalized spacial score (nSPS) is 23.6. The molecule has 2 heterocycles. The van der Waals surface area contributed by atoms with Crippen molar-refractivity contribution in [1.29, 1.82) is 0 Å². The van der Waals surface area contributed by atoms with Crippen molar-refractivity contribution in [3.8, 4) is 5.75 Å². The molecule has 1 aromatic rings. The molecule has 2 aliphatic heterocycles. The van der Waals surface area contributed by atoms with Gasteiger partial charge < -0.3 is 4.74 Å². The van der Waals surface area contributed by atoms with E-state index in [9.17, 15) is 4.91 Å². The van der Waals surface area contributed by atoms with Crippen molar-refractivity contribution < 1.29 is 4.74 Å². The van der Waals surface area contributed by atoms with Crippen LogP contribution in [0.5, 0.6) is 5.75 Å². The smallest absolute Gasteiger partial charge is 0.145 e. The van der Waals surface area contributed by atoms with Crippen molar-refractivity contribution in [2.75, 3.05) is 31.2 Å². The molecule has 0 amide bonds. The summed E-state index contributed by atoms with van der Waals surface area (Å²) < 4.78 is 5.94. The molecule has 96 valence electrons. The summed E-state index contributed by atoms with van der Waals surface area (Å²) in [5.74, 6) is 0.757. The number of rotatable bonds is 3. The zero-order valence-corrected chi connectivity index (χ0v) is 10.3. The first-order valence-corrected chi connectivity index (χ1v) is 6.45. The van der Waals surface area contributed by atoms with Crippen molar-refractivity contribution in [1.82, 2.24) is 4.90 Å². The van der Waals surface area contributed by atoms with Crippen LogP contribution in [0.2, 0.25) is 0 Å². The van der Waals surface area contributed by atoms with Crippen LogP contribution >= 0.6 is 0 Å². The second-order valence-corrected chi connectivity index (χ2v) is 4.88. The largest absolute Gasteiger partial charge is 0.485 e. The number of para-hydroxylation sites is 2. The molecule has 5 nitrogen and oxygen atoms in total. The van der Waals surface area contributed by atoms with Crippen LogP contribution in [0.15, 0.2) is 29.6 Å². The van der Waals surface area contributed by atoms with E-state index in [4.69, 9.17) is 4.74 Å². The molecule has 1 saturated heterocycles. The van der Waals surface area contributed by atoms with Gasteiger partial charge in [-0.05, 0) is 38.1 Å². The topological polar surface area (TPSA) is 45.1 Å². The Hall–Kier alpha value is -1.62. The van der Waals surface area contributed by atoms with Crippen LogP contribution in [0.25, 0.3) is 0 Å². The number of likely N-dealkylation sites (tertiary alicyclic amines) is 1. The third-order valence-corrected chi connectivity index (χ3v) is 3.57. The van der Waals surface area contributed by atoms with Gasteiger partial charge in [0.05, 0.1) is 11.8 Å². The Labute approximate surface area is 106 Å². The minimum absolute atomic E-state index is 0.0238. The first-order valence-electron chi connectivity index (χ1n) is 6.45. The number of hydrogen-bond donors (Lipinski definition) is 0. The number of anilines is 1. The van der Waals surface area contributed by atoms with Crippen LogP contribution in [0, 0.1) is 4.91 Å². The fraction of sp³-hybridized carbons (Fsp3) is 0.538. The lowest BCUT2D eigenvalue weighted by atomic mass is 10.2. The standard InChI is InChI=1S/C13H17N3O2/c17-14-16-10-11(9-15-7-3-4-8-15)18-13-6-2-1-5-12(13)16/h1-2,5-6,11H,3-4,7-10H2. The molecular formula is C13H17N3O2. The summed E-state index contributed by atoms with van der Waals surface area (Å²) in [5.41, 5.74) is 0.769. The predicted molar refractivity (Wildman–Crippen MR) is 69.7 cm³/mol. The monoisotopic (exact) mass is 247 g/mol. The maximum Gasteiger partial charge on any atom is 0.145 e. The van der Waals surface area contributed by atoms with Crippen molar-refractivity contribution in [2.24, 2.45) is 5.29 Å². The molecular weight excluding hydrogens is 230 g/mol. The number of benzene rings is 1. The van der Waals surface area contributed by atoms with Crippen LogP contribution in [0.3, 0.4) is 0 Å². The van der Waals surface area contributed by atoms with E-state index in [-0.39, 0.29) is 6.10 Å².